The molecule has 2 rings (SSSR count). The Morgan fingerprint density at radius 1 is 1.32 bits per heavy atom. The van der Waals surface area contributed by atoms with E-state index in [9.17, 15) is 13.6 Å². The third-order valence-electron chi connectivity index (χ3n) is 2.67. The fourth-order valence-corrected chi connectivity index (χ4v) is 3.11. The van der Waals surface area contributed by atoms with Crippen molar-refractivity contribution in [3.8, 4) is 0 Å². The van der Waals surface area contributed by atoms with E-state index in [-0.39, 0.29) is 5.91 Å². The van der Waals surface area contributed by atoms with Crippen LogP contribution in [-0.4, -0.2) is 16.1 Å². The molecule has 1 heterocycles. The first-order chi connectivity index (χ1) is 10.3. The maximum atomic E-state index is 13.5. The van der Waals surface area contributed by atoms with Gasteiger partial charge in [-0.3, -0.25) is 4.79 Å². The van der Waals surface area contributed by atoms with Crippen LogP contribution in [0.1, 0.15) is 26.3 Å². The van der Waals surface area contributed by atoms with Crippen LogP contribution in [-0.2, 0) is 10.5 Å². The number of nitrogens with zero attached hydrogens (tertiary/aromatic N) is 2. The lowest BCUT2D eigenvalue weighted by atomic mass is 9.96. The molecule has 2 aromatic rings. The zero-order chi connectivity index (χ0) is 16.3. The smallest absolute Gasteiger partial charge is 0.231 e. The number of hydrogen-bond donors (Lipinski definition) is 1. The van der Waals surface area contributed by atoms with Crippen LogP contribution in [0.25, 0.3) is 0 Å². The van der Waals surface area contributed by atoms with Gasteiger partial charge in [-0.15, -0.1) is 10.2 Å². The molecule has 0 aliphatic carbocycles. The van der Waals surface area contributed by atoms with Crippen LogP contribution in [0.15, 0.2) is 22.5 Å². The lowest BCUT2D eigenvalue weighted by Crippen LogP contribution is -2.27. The third kappa shape index (κ3) is 4.48. The topological polar surface area (TPSA) is 54.9 Å². The van der Waals surface area contributed by atoms with Crippen LogP contribution in [0.2, 0.25) is 0 Å². The summed E-state index contributed by atoms with van der Waals surface area (Å²) in [5.41, 5.74) is -0.127. The Morgan fingerprint density at radius 2 is 2.05 bits per heavy atom. The Kier molecular flexibility index (Phi) is 5.12. The highest BCUT2D eigenvalue weighted by molar-refractivity contribution is 8.00. The second-order valence-electron chi connectivity index (χ2n) is 5.60. The van der Waals surface area contributed by atoms with Gasteiger partial charge in [-0.25, -0.2) is 8.78 Å². The SMILES string of the molecule is CC(C)(C)C(=O)Nc1nnc(SCc2ccc(F)cc2F)s1. The molecule has 8 heteroatoms. The molecule has 0 atom stereocenters. The maximum Gasteiger partial charge on any atom is 0.231 e. The fraction of sp³-hybridized carbons (Fsp3) is 0.357. The number of thioether (sulfide) groups is 1. The largest absolute Gasteiger partial charge is 0.300 e. The molecule has 0 aliphatic heterocycles. The summed E-state index contributed by atoms with van der Waals surface area (Å²) in [5, 5.41) is 10.9. The van der Waals surface area contributed by atoms with Gasteiger partial charge in [0.25, 0.3) is 0 Å². The molecule has 4 nitrogen and oxygen atoms in total. The number of amides is 1. The van der Waals surface area contributed by atoms with Gasteiger partial charge >= 0.3 is 0 Å². The summed E-state index contributed by atoms with van der Waals surface area (Å²) in [4.78, 5) is 11.8. The van der Waals surface area contributed by atoms with Crippen molar-refractivity contribution in [1.82, 2.24) is 10.2 Å². The molecule has 1 N–H and O–H groups in total. The predicted octanol–water partition coefficient (Wildman–Crippen LogP) is 4.09. The number of carbonyl (C=O) groups is 1. The van der Waals surface area contributed by atoms with Crippen molar-refractivity contribution in [3.05, 3.63) is 35.4 Å². The molecule has 0 spiro atoms. The molecule has 118 valence electrons. The second kappa shape index (κ2) is 6.70. The molecule has 22 heavy (non-hydrogen) atoms. The fourth-order valence-electron chi connectivity index (χ4n) is 1.38. The number of aromatic nitrogens is 2. The minimum Gasteiger partial charge on any atom is -0.300 e. The van der Waals surface area contributed by atoms with Gasteiger partial charge in [-0.1, -0.05) is 49.9 Å². The summed E-state index contributed by atoms with van der Waals surface area (Å²) < 4.78 is 26.9. The summed E-state index contributed by atoms with van der Waals surface area (Å²) in [6.07, 6.45) is 0. The van der Waals surface area contributed by atoms with E-state index < -0.39 is 17.0 Å². The van der Waals surface area contributed by atoms with Crippen molar-refractivity contribution in [1.29, 1.82) is 0 Å². The van der Waals surface area contributed by atoms with E-state index in [1.54, 1.807) is 20.8 Å². The molecule has 0 fully saturated rings. The first-order valence-corrected chi connectivity index (χ1v) is 8.27. The first-order valence-electron chi connectivity index (χ1n) is 6.47. The van der Waals surface area contributed by atoms with E-state index >= 15 is 0 Å². The predicted molar refractivity (Wildman–Crippen MR) is 83.9 cm³/mol. The molecule has 0 aliphatic rings. The van der Waals surface area contributed by atoms with Crippen molar-refractivity contribution in [2.75, 3.05) is 5.32 Å². The third-order valence-corrected chi connectivity index (χ3v) is 4.70. The molecule has 0 unspecified atom stereocenters. The number of halogens is 2. The zero-order valence-electron chi connectivity index (χ0n) is 12.3. The van der Waals surface area contributed by atoms with Crippen molar-refractivity contribution >= 4 is 34.1 Å². The molecule has 1 aromatic heterocycles. The van der Waals surface area contributed by atoms with Gasteiger partial charge in [0.05, 0.1) is 0 Å². The molecule has 0 radical (unpaired) electrons. The average Bonchev–Trinajstić information content (AvgIpc) is 2.84. The van der Waals surface area contributed by atoms with Crippen molar-refractivity contribution in [3.63, 3.8) is 0 Å². The summed E-state index contributed by atoms with van der Waals surface area (Å²) in [7, 11) is 0. The normalized spacial score (nSPS) is 11.5. The van der Waals surface area contributed by atoms with Crippen LogP contribution in [0.4, 0.5) is 13.9 Å². The lowest BCUT2D eigenvalue weighted by molar-refractivity contribution is -0.123. The van der Waals surface area contributed by atoms with Gasteiger partial charge in [0.2, 0.25) is 11.0 Å². The van der Waals surface area contributed by atoms with E-state index in [2.05, 4.69) is 15.5 Å². The van der Waals surface area contributed by atoms with Crippen molar-refractivity contribution in [2.45, 2.75) is 30.9 Å². The highest BCUT2D eigenvalue weighted by Gasteiger charge is 2.22. The van der Waals surface area contributed by atoms with Gasteiger partial charge in [0, 0.05) is 17.2 Å². The Bertz CT molecular complexity index is 683. The molecule has 0 saturated heterocycles. The minimum absolute atomic E-state index is 0.148. The molecular weight excluding hydrogens is 328 g/mol. The van der Waals surface area contributed by atoms with E-state index in [4.69, 9.17) is 0 Å². The molecule has 0 bridgehead atoms. The van der Waals surface area contributed by atoms with Crippen LogP contribution < -0.4 is 5.32 Å². The number of nitrogens with one attached hydrogen (secondary N) is 1. The van der Waals surface area contributed by atoms with E-state index in [1.807, 2.05) is 0 Å². The molecular formula is C14H15F2N3OS2. The van der Waals surface area contributed by atoms with E-state index in [0.717, 1.165) is 6.07 Å². The van der Waals surface area contributed by atoms with Gasteiger partial charge in [0.1, 0.15) is 11.6 Å². The van der Waals surface area contributed by atoms with E-state index in [0.29, 0.717) is 20.8 Å². The summed E-state index contributed by atoms with van der Waals surface area (Å²) in [5.74, 6) is -1.02. The first kappa shape index (κ1) is 16.8. The molecule has 0 saturated carbocycles. The number of hydrogen-bond acceptors (Lipinski definition) is 5. The highest BCUT2D eigenvalue weighted by atomic mass is 32.2. The van der Waals surface area contributed by atoms with Crippen LogP contribution in [0.5, 0.6) is 0 Å². The summed E-state index contributed by atoms with van der Waals surface area (Å²) >= 11 is 2.50. The monoisotopic (exact) mass is 343 g/mol. The van der Waals surface area contributed by atoms with Gasteiger partial charge in [0.15, 0.2) is 4.34 Å². The van der Waals surface area contributed by atoms with Gasteiger partial charge in [-0.2, -0.15) is 0 Å². The van der Waals surface area contributed by atoms with Crippen LogP contribution in [0, 0.1) is 17.0 Å². The number of rotatable bonds is 4. The average molecular weight is 343 g/mol. The van der Waals surface area contributed by atoms with Crippen molar-refractivity contribution < 1.29 is 13.6 Å². The summed E-state index contributed by atoms with van der Waals surface area (Å²) in [6.45, 7) is 5.41. The summed E-state index contributed by atoms with van der Waals surface area (Å²) in [6, 6.07) is 3.47. The highest BCUT2D eigenvalue weighted by Crippen LogP contribution is 2.30. The number of benzene rings is 1. The lowest BCUT2D eigenvalue weighted by Gasteiger charge is -2.15. The number of carbonyl (C=O) groups excluding carboxylic acids is 1. The van der Waals surface area contributed by atoms with Crippen LogP contribution in [0.3, 0.4) is 0 Å². The Morgan fingerprint density at radius 3 is 2.68 bits per heavy atom. The van der Waals surface area contributed by atoms with Gasteiger partial charge in [-0.05, 0) is 11.6 Å². The molecule has 1 aromatic carbocycles. The standard InChI is InChI=1S/C14H15F2N3OS2/c1-14(2,3)11(20)17-12-18-19-13(22-12)21-7-8-4-5-9(15)6-10(8)16/h4-6H,7H2,1-3H3,(H,17,18,20). The number of anilines is 1. The Hall–Kier alpha value is -1.54. The zero-order valence-corrected chi connectivity index (χ0v) is 13.9. The minimum atomic E-state index is -0.602. The second-order valence-corrected chi connectivity index (χ2v) is 7.80. The van der Waals surface area contributed by atoms with Crippen molar-refractivity contribution in [2.24, 2.45) is 5.41 Å². The van der Waals surface area contributed by atoms with Gasteiger partial charge < -0.3 is 5.32 Å². The Balaban J connectivity index is 1.96. The quantitative estimate of drug-likeness (QED) is 0.671. The van der Waals surface area contributed by atoms with Crippen LogP contribution >= 0.6 is 23.1 Å². The maximum absolute atomic E-state index is 13.5. The van der Waals surface area contributed by atoms with E-state index in [1.165, 1.54) is 35.2 Å². The Labute approximate surface area is 135 Å². The molecule has 1 amide bonds.